The molecule has 5 heteroatoms. The summed E-state index contributed by atoms with van der Waals surface area (Å²) in [4.78, 5) is 2.10. The van der Waals surface area contributed by atoms with Gasteiger partial charge in [-0.25, -0.2) is 13.2 Å². The van der Waals surface area contributed by atoms with Crippen molar-refractivity contribution in [2.24, 2.45) is 0 Å². The van der Waals surface area contributed by atoms with E-state index in [9.17, 15) is 13.2 Å². The van der Waals surface area contributed by atoms with Gasteiger partial charge in [0.25, 0.3) is 0 Å². The summed E-state index contributed by atoms with van der Waals surface area (Å²) in [6, 6.07) is 3.28. The molecule has 20 heavy (non-hydrogen) atoms. The van der Waals surface area contributed by atoms with Crippen LogP contribution in [0.3, 0.4) is 0 Å². The highest BCUT2D eigenvalue weighted by molar-refractivity contribution is 5.50. The standard InChI is InChI=1S/C15H19F3N2/c1-19-9-5-10-3-2-4-11(6-9)20(10)12-7-13(16)15(18)14(17)8-12/h7-11,19H,2-6H2,1H3. The van der Waals surface area contributed by atoms with E-state index in [-0.39, 0.29) is 12.1 Å². The molecule has 2 atom stereocenters. The van der Waals surface area contributed by atoms with Gasteiger partial charge in [0.15, 0.2) is 17.5 Å². The second-order valence-electron chi connectivity index (χ2n) is 5.83. The van der Waals surface area contributed by atoms with Gasteiger partial charge in [-0.1, -0.05) is 0 Å². The van der Waals surface area contributed by atoms with Crippen molar-refractivity contribution in [3.8, 4) is 0 Å². The van der Waals surface area contributed by atoms with E-state index in [4.69, 9.17) is 0 Å². The van der Waals surface area contributed by atoms with Gasteiger partial charge in [0, 0.05) is 35.9 Å². The van der Waals surface area contributed by atoms with E-state index in [1.165, 1.54) is 0 Å². The first-order chi connectivity index (χ1) is 9.60. The fraction of sp³-hybridized carbons (Fsp3) is 0.600. The average Bonchev–Trinajstić information content (AvgIpc) is 2.42. The number of benzene rings is 1. The zero-order valence-corrected chi connectivity index (χ0v) is 11.5. The molecule has 0 saturated carbocycles. The molecule has 2 aliphatic rings. The number of nitrogens with one attached hydrogen (secondary N) is 1. The summed E-state index contributed by atoms with van der Waals surface area (Å²) in [5, 5.41) is 3.30. The summed E-state index contributed by atoms with van der Waals surface area (Å²) in [7, 11) is 1.95. The number of piperidine rings is 2. The molecule has 0 radical (unpaired) electrons. The lowest BCUT2D eigenvalue weighted by atomic mass is 9.81. The van der Waals surface area contributed by atoms with Crippen molar-refractivity contribution in [3.63, 3.8) is 0 Å². The minimum absolute atomic E-state index is 0.282. The SMILES string of the molecule is CNC1CC2CCCC(C1)N2c1cc(F)c(F)c(F)c1. The molecule has 1 N–H and O–H groups in total. The van der Waals surface area contributed by atoms with Gasteiger partial charge in [-0.15, -0.1) is 0 Å². The van der Waals surface area contributed by atoms with Crippen molar-refractivity contribution < 1.29 is 13.2 Å². The predicted molar refractivity (Wildman–Crippen MR) is 72.3 cm³/mol. The smallest absolute Gasteiger partial charge is 0.194 e. The zero-order chi connectivity index (χ0) is 14.3. The predicted octanol–water partition coefficient (Wildman–Crippen LogP) is 3.21. The summed E-state index contributed by atoms with van der Waals surface area (Å²) in [6.07, 6.45) is 5.13. The lowest BCUT2D eigenvalue weighted by Gasteiger charge is -2.50. The first-order valence-corrected chi connectivity index (χ1v) is 7.20. The molecule has 110 valence electrons. The second-order valence-corrected chi connectivity index (χ2v) is 5.83. The normalized spacial score (nSPS) is 29.6. The van der Waals surface area contributed by atoms with Crippen LogP contribution in [-0.4, -0.2) is 25.2 Å². The Balaban J connectivity index is 1.93. The van der Waals surface area contributed by atoms with Crippen molar-refractivity contribution in [2.75, 3.05) is 11.9 Å². The molecule has 2 fully saturated rings. The minimum Gasteiger partial charge on any atom is -0.365 e. The van der Waals surface area contributed by atoms with E-state index in [2.05, 4.69) is 10.2 Å². The molecule has 1 aromatic rings. The zero-order valence-electron chi connectivity index (χ0n) is 11.5. The molecule has 0 aliphatic carbocycles. The highest BCUT2D eigenvalue weighted by Gasteiger charge is 2.38. The number of rotatable bonds is 2. The first-order valence-electron chi connectivity index (χ1n) is 7.20. The topological polar surface area (TPSA) is 15.3 Å². The highest BCUT2D eigenvalue weighted by atomic mass is 19.2. The quantitative estimate of drug-likeness (QED) is 0.839. The van der Waals surface area contributed by atoms with Gasteiger partial charge in [-0.05, 0) is 39.2 Å². The van der Waals surface area contributed by atoms with Crippen LogP contribution in [0.25, 0.3) is 0 Å². The van der Waals surface area contributed by atoms with E-state index < -0.39 is 17.5 Å². The molecular formula is C15H19F3N2. The third-order valence-corrected chi connectivity index (χ3v) is 4.65. The van der Waals surface area contributed by atoms with E-state index in [1.807, 2.05) is 7.05 Å². The summed E-state index contributed by atoms with van der Waals surface area (Å²) < 4.78 is 40.0. The Hall–Kier alpha value is -1.23. The van der Waals surface area contributed by atoms with Gasteiger partial charge in [-0.3, -0.25) is 0 Å². The Morgan fingerprint density at radius 1 is 1.05 bits per heavy atom. The Morgan fingerprint density at radius 3 is 2.10 bits per heavy atom. The molecule has 2 aliphatic heterocycles. The molecule has 1 aromatic carbocycles. The van der Waals surface area contributed by atoms with Gasteiger partial charge in [0.05, 0.1) is 0 Å². The molecular weight excluding hydrogens is 265 g/mol. The van der Waals surface area contributed by atoms with Gasteiger partial charge < -0.3 is 10.2 Å². The van der Waals surface area contributed by atoms with E-state index in [1.54, 1.807) is 0 Å². The summed E-state index contributed by atoms with van der Waals surface area (Å²) in [5.74, 6) is -3.59. The molecule has 0 spiro atoms. The number of hydrogen-bond donors (Lipinski definition) is 1. The fourth-order valence-corrected chi connectivity index (χ4v) is 3.73. The van der Waals surface area contributed by atoms with E-state index in [0.717, 1.165) is 44.2 Å². The molecule has 2 heterocycles. The van der Waals surface area contributed by atoms with Crippen molar-refractivity contribution in [2.45, 2.75) is 50.2 Å². The number of hydrogen-bond acceptors (Lipinski definition) is 2. The lowest BCUT2D eigenvalue weighted by Crippen LogP contribution is -2.56. The Labute approximate surface area is 117 Å². The fourth-order valence-electron chi connectivity index (χ4n) is 3.73. The van der Waals surface area contributed by atoms with Gasteiger partial charge >= 0.3 is 0 Å². The molecule has 3 rings (SSSR count). The van der Waals surface area contributed by atoms with Crippen molar-refractivity contribution in [1.29, 1.82) is 0 Å². The maximum atomic E-state index is 13.5. The minimum atomic E-state index is -1.39. The second kappa shape index (κ2) is 5.28. The van der Waals surface area contributed by atoms with Crippen LogP contribution >= 0.6 is 0 Å². The monoisotopic (exact) mass is 284 g/mol. The summed E-state index contributed by atoms with van der Waals surface area (Å²) >= 11 is 0. The molecule has 2 nitrogen and oxygen atoms in total. The Kier molecular flexibility index (Phi) is 3.63. The van der Waals surface area contributed by atoms with E-state index in [0.29, 0.717) is 11.7 Å². The van der Waals surface area contributed by atoms with Crippen LogP contribution in [0.4, 0.5) is 18.9 Å². The van der Waals surface area contributed by atoms with Crippen LogP contribution in [0.2, 0.25) is 0 Å². The molecule has 2 unspecified atom stereocenters. The number of nitrogens with zero attached hydrogens (tertiary/aromatic N) is 1. The van der Waals surface area contributed by atoms with E-state index >= 15 is 0 Å². The van der Waals surface area contributed by atoms with Gasteiger partial charge in [-0.2, -0.15) is 0 Å². The number of fused-ring (bicyclic) bond motifs is 2. The van der Waals surface area contributed by atoms with Gasteiger partial charge in [0.2, 0.25) is 0 Å². The third kappa shape index (κ3) is 2.28. The largest absolute Gasteiger partial charge is 0.365 e. The van der Waals surface area contributed by atoms with Crippen LogP contribution in [0.15, 0.2) is 12.1 Å². The molecule has 2 bridgehead atoms. The number of halogens is 3. The highest BCUT2D eigenvalue weighted by Crippen LogP contribution is 2.38. The Bertz CT molecular complexity index is 469. The third-order valence-electron chi connectivity index (χ3n) is 4.65. The molecule has 2 saturated heterocycles. The Morgan fingerprint density at radius 2 is 1.60 bits per heavy atom. The van der Waals surface area contributed by atoms with Gasteiger partial charge in [0.1, 0.15) is 0 Å². The van der Waals surface area contributed by atoms with Crippen LogP contribution in [0.5, 0.6) is 0 Å². The van der Waals surface area contributed by atoms with Crippen LogP contribution in [-0.2, 0) is 0 Å². The van der Waals surface area contributed by atoms with Crippen LogP contribution in [0, 0.1) is 17.5 Å². The summed E-state index contributed by atoms with van der Waals surface area (Å²) in [6.45, 7) is 0. The van der Waals surface area contributed by atoms with Crippen LogP contribution in [0.1, 0.15) is 32.1 Å². The van der Waals surface area contributed by atoms with Crippen molar-refractivity contribution >= 4 is 5.69 Å². The van der Waals surface area contributed by atoms with Crippen LogP contribution < -0.4 is 10.2 Å². The summed E-state index contributed by atoms with van der Waals surface area (Å²) in [5.41, 5.74) is 0.477. The maximum Gasteiger partial charge on any atom is 0.194 e. The first kappa shape index (κ1) is 13.7. The average molecular weight is 284 g/mol. The van der Waals surface area contributed by atoms with Crippen molar-refractivity contribution in [1.82, 2.24) is 5.32 Å². The molecule has 0 amide bonds. The number of anilines is 1. The maximum absolute atomic E-state index is 13.5. The van der Waals surface area contributed by atoms with Crippen molar-refractivity contribution in [3.05, 3.63) is 29.6 Å². The lowest BCUT2D eigenvalue weighted by molar-refractivity contribution is 0.252. The molecule has 0 aromatic heterocycles.